The lowest BCUT2D eigenvalue weighted by Gasteiger charge is -2.16. The van der Waals surface area contributed by atoms with Crippen LogP contribution in [-0.4, -0.2) is 16.6 Å². The predicted octanol–water partition coefficient (Wildman–Crippen LogP) is 5.89. The molecule has 1 aromatic heterocycles. The highest BCUT2D eigenvalue weighted by Gasteiger charge is 2.14. The summed E-state index contributed by atoms with van der Waals surface area (Å²) in [6, 6.07) is 13.4. The van der Waals surface area contributed by atoms with Gasteiger partial charge in [-0.05, 0) is 48.9 Å². The molecule has 3 aromatic carbocycles. The normalized spacial score (nSPS) is 11.0. The average molecular weight is 476 g/mol. The van der Waals surface area contributed by atoms with E-state index >= 15 is 0 Å². The number of benzene rings is 3. The van der Waals surface area contributed by atoms with Crippen LogP contribution in [0, 0.1) is 5.82 Å². The van der Waals surface area contributed by atoms with E-state index in [1.807, 2.05) is 25.1 Å². The van der Waals surface area contributed by atoms with Gasteiger partial charge in [0.05, 0.1) is 22.7 Å². The second-order valence-corrected chi connectivity index (χ2v) is 7.82. The standard InChI is InChI=1S/C23H20Cl2FN3O3/c1-2-31-21-8-13(11-27-14-6-7-19-20(9-14)29-23(30)28-19)17(25)10-22(21)32-12-15-16(24)4-3-5-18(15)26/h3-10,27H,2,11-12H2,1H3,(H2,28,29,30). The Bertz CT molecular complexity index is 1300. The number of aromatic nitrogens is 2. The van der Waals surface area contributed by atoms with Gasteiger partial charge in [-0.25, -0.2) is 9.18 Å². The van der Waals surface area contributed by atoms with Crippen molar-refractivity contribution < 1.29 is 13.9 Å². The van der Waals surface area contributed by atoms with Crippen LogP contribution in [0.4, 0.5) is 10.1 Å². The lowest BCUT2D eigenvalue weighted by molar-refractivity contribution is 0.265. The first-order chi connectivity index (χ1) is 15.4. The van der Waals surface area contributed by atoms with E-state index in [0.29, 0.717) is 35.2 Å². The maximum absolute atomic E-state index is 14.1. The highest BCUT2D eigenvalue weighted by Crippen LogP contribution is 2.35. The predicted molar refractivity (Wildman–Crippen MR) is 125 cm³/mol. The fraction of sp³-hybridized carbons (Fsp3) is 0.174. The molecule has 4 rings (SSSR count). The molecule has 3 N–H and O–H groups in total. The minimum Gasteiger partial charge on any atom is -0.490 e. The Morgan fingerprint density at radius 3 is 2.53 bits per heavy atom. The van der Waals surface area contributed by atoms with Gasteiger partial charge in [-0.2, -0.15) is 0 Å². The fourth-order valence-electron chi connectivity index (χ4n) is 3.25. The summed E-state index contributed by atoms with van der Waals surface area (Å²) in [6.45, 7) is 2.63. The van der Waals surface area contributed by atoms with E-state index in [1.165, 1.54) is 12.1 Å². The first-order valence-corrected chi connectivity index (χ1v) is 10.7. The summed E-state index contributed by atoms with van der Waals surface area (Å²) < 4.78 is 25.6. The summed E-state index contributed by atoms with van der Waals surface area (Å²) >= 11 is 12.6. The van der Waals surface area contributed by atoms with Gasteiger partial charge in [-0.1, -0.05) is 29.3 Å². The minimum absolute atomic E-state index is 0.0611. The third-order valence-corrected chi connectivity index (χ3v) is 5.55. The second kappa shape index (κ2) is 9.54. The number of nitrogens with one attached hydrogen (secondary N) is 3. The van der Waals surface area contributed by atoms with Gasteiger partial charge in [0.1, 0.15) is 12.4 Å². The Labute approximate surface area is 193 Å². The zero-order valence-electron chi connectivity index (χ0n) is 17.1. The van der Waals surface area contributed by atoms with E-state index in [4.69, 9.17) is 32.7 Å². The van der Waals surface area contributed by atoms with E-state index in [0.717, 1.165) is 16.8 Å². The molecule has 0 bridgehead atoms. The van der Waals surface area contributed by atoms with Gasteiger partial charge in [-0.3, -0.25) is 0 Å². The van der Waals surface area contributed by atoms with Crippen molar-refractivity contribution in [1.82, 2.24) is 9.97 Å². The quantitative estimate of drug-likeness (QED) is 0.296. The fourth-order valence-corrected chi connectivity index (χ4v) is 3.69. The van der Waals surface area contributed by atoms with E-state index < -0.39 is 5.82 Å². The molecule has 6 nitrogen and oxygen atoms in total. The molecule has 1 heterocycles. The molecular weight excluding hydrogens is 456 g/mol. The largest absolute Gasteiger partial charge is 0.490 e. The number of imidazole rings is 1. The number of halogens is 3. The third-order valence-electron chi connectivity index (χ3n) is 4.85. The van der Waals surface area contributed by atoms with Crippen molar-refractivity contribution in [2.75, 3.05) is 11.9 Å². The maximum Gasteiger partial charge on any atom is 0.323 e. The second-order valence-electron chi connectivity index (χ2n) is 7.01. The van der Waals surface area contributed by atoms with Crippen LogP contribution in [0.2, 0.25) is 10.0 Å². The number of rotatable bonds is 8. The highest BCUT2D eigenvalue weighted by molar-refractivity contribution is 6.31. The number of anilines is 1. The summed E-state index contributed by atoms with van der Waals surface area (Å²) in [5, 5.41) is 4.03. The van der Waals surface area contributed by atoms with Crippen molar-refractivity contribution in [2.24, 2.45) is 0 Å². The molecule has 0 aliphatic heterocycles. The zero-order valence-corrected chi connectivity index (χ0v) is 18.6. The molecule has 0 spiro atoms. The highest BCUT2D eigenvalue weighted by atomic mass is 35.5. The molecule has 9 heteroatoms. The molecule has 0 saturated carbocycles. The van der Waals surface area contributed by atoms with Gasteiger partial charge in [0.25, 0.3) is 0 Å². The van der Waals surface area contributed by atoms with E-state index in [2.05, 4.69) is 15.3 Å². The van der Waals surface area contributed by atoms with Gasteiger partial charge < -0.3 is 24.8 Å². The number of aromatic amines is 2. The van der Waals surface area contributed by atoms with E-state index in [1.54, 1.807) is 18.2 Å². The number of H-pyrrole nitrogens is 2. The molecule has 0 aliphatic carbocycles. The average Bonchev–Trinajstić information content (AvgIpc) is 3.13. The Balaban J connectivity index is 1.52. The monoisotopic (exact) mass is 475 g/mol. The van der Waals surface area contributed by atoms with Gasteiger partial charge >= 0.3 is 5.69 Å². The lowest BCUT2D eigenvalue weighted by atomic mass is 10.1. The molecule has 0 amide bonds. The van der Waals surface area contributed by atoms with Crippen molar-refractivity contribution in [2.45, 2.75) is 20.1 Å². The van der Waals surface area contributed by atoms with Crippen LogP contribution in [-0.2, 0) is 13.2 Å². The van der Waals surface area contributed by atoms with Gasteiger partial charge in [-0.15, -0.1) is 0 Å². The van der Waals surface area contributed by atoms with Gasteiger partial charge in [0.2, 0.25) is 0 Å². The SMILES string of the molecule is CCOc1cc(CNc2ccc3[nH]c(=O)[nH]c3c2)c(Cl)cc1OCc1c(F)cccc1Cl. The van der Waals surface area contributed by atoms with Crippen molar-refractivity contribution in [3.63, 3.8) is 0 Å². The molecule has 166 valence electrons. The maximum atomic E-state index is 14.1. The van der Waals surface area contributed by atoms with Crippen molar-refractivity contribution in [1.29, 1.82) is 0 Å². The zero-order chi connectivity index (χ0) is 22.7. The lowest BCUT2D eigenvalue weighted by Crippen LogP contribution is -2.05. The Morgan fingerprint density at radius 2 is 1.75 bits per heavy atom. The third kappa shape index (κ3) is 4.84. The molecule has 0 atom stereocenters. The number of ether oxygens (including phenoxy) is 2. The van der Waals surface area contributed by atoms with Crippen LogP contribution in [0.1, 0.15) is 18.1 Å². The summed E-state index contributed by atoms with van der Waals surface area (Å²) in [4.78, 5) is 16.9. The van der Waals surface area contributed by atoms with Crippen LogP contribution in [0.25, 0.3) is 11.0 Å². The molecule has 0 aliphatic rings. The topological polar surface area (TPSA) is 79.1 Å². The summed E-state index contributed by atoms with van der Waals surface area (Å²) in [5.74, 6) is 0.445. The molecule has 0 saturated heterocycles. The van der Waals surface area contributed by atoms with Crippen molar-refractivity contribution >= 4 is 39.9 Å². The van der Waals surface area contributed by atoms with Gasteiger partial charge in [0.15, 0.2) is 11.5 Å². The van der Waals surface area contributed by atoms with Crippen molar-refractivity contribution in [3.05, 3.63) is 86.0 Å². The molecule has 0 radical (unpaired) electrons. The molecule has 0 unspecified atom stereocenters. The Morgan fingerprint density at radius 1 is 0.969 bits per heavy atom. The van der Waals surface area contributed by atoms with Crippen LogP contribution < -0.4 is 20.5 Å². The molecular formula is C23H20Cl2FN3O3. The molecule has 4 aromatic rings. The van der Waals surface area contributed by atoms with Crippen molar-refractivity contribution in [3.8, 4) is 11.5 Å². The van der Waals surface area contributed by atoms with E-state index in [-0.39, 0.29) is 22.9 Å². The Kier molecular flexibility index (Phi) is 6.58. The summed E-state index contributed by atoms with van der Waals surface area (Å²) in [7, 11) is 0. The number of fused-ring (bicyclic) bond motifs is 1. The summed E-state index contributed by atoms with van der Waals surface area (Å²) in [6.07, 6.45) is 0. The Hall–Kier alpha value is -3.16. The van der Waals surface area contributed by atoms with Crippen LogP contribution >= 0.6 is 23.2 Å². The number of hydrogen-bond donors (Lipinski definition) is 3. The molecule has 32 heavy (non-hydrogen) atoms. The smallest absolute Gasteiger partial charge is 0.323 e. The summed E-state index contributed by atoms with van der Waals surface area (Å²) in [5.41, 5.74) is 3.04. The van der Waals surface area contributed by atoms with Gasteiger partial charge in [0, 0.05) is 28.9 Å². The first-order valence-electron chi connectivity index (χ1n) is 9.91. The van der Waals surface area contributed by atoms with E-state index in [9.17, 15) is 9.18 Å². The number of hydrogen-bond acceptors (Lipinski definition) is 4. The molecule has 0 fully saturated rings. The minimum atomic E-state index is -0.442. The van der Waals surface area contributed by atoms with Crippen LogP contribution in [0.3, 0.4) is 0 Å². The van der Waals surface area contributed by atoms with Crippen LogP contribution in [0.15, 0.2) is 53.3 Å². The van der Waals surface area contributed by atoms with Crippen LogP contribution in [0.5, 0.6) is 11.5 Å². The first kappa shape index (κ1) is 22.0.